The summed E-state index contributed by atoms with van der Waals surface area (Å²) >= 11 is 0. The van der Waals surface area contributed by atoms with Crippen molar-refractivity contribution in [1.82, 2.24) is 9.97 Å². The van der Waals surface area contributed by atoms with Gasteiger partial charge >= 0.3 is 0 Å². The molecule has 245 valence electrons. The molecule has 0 atom stereocenters. The number of pyridine rings is 2. The van der Waals surface area contributed by atoms with Crippen molar-refractivity contribution in [2.45, 2.75) is 90.8 Å². The van der Waals surface area contributed by atoms with E-state index in [0.717, 1.165) is 44.5 Å². The molecule has 0 amide bonds. The van der Waals surface area contributed by atoms with Crippen LogP contribution in [0.4, 0.5) is 0 Å². The predicted molar refractivity (Wildman–Crippen MR) is 197 cm³/mol. The van der Waals surface area contributed by atoms with Crippen molar-refractivity contribution in [2.75, 3.05) is 0 Å². The number of hydrogen-bond acceptors (Lipinski definition) is 3. The number of benzene rings is 3. The first-order valence-corrected chi connectivity index (χ1v) is 20.1. The van der Waals surface area contributed by atoms with Crippen molar-refractivity contribution < 1.29 is 24.5 Å². The first-order chi connectivity index (χ1) is 21.7. The van der Waals surface area contributed by atoms with Gasteiger partial charge in [0.2, 0.25) is 0 Å². The van der Waals surface area contributed by atoms with Crippen LogP contribution in [0.3, 0.4) is 0 Å². The molecule has 0 fully saturated rings. The standard InChI is InChI=1S/C22H30NSi.C20H16NO.Ir/c1-21(2)11-12-22(3,4)19-14-16(8-9-18(19)21)20-15-17(10-13-23-20)24(5,6)7;1-13(2)14-9-10-15-16-6-5-7-17(18-8-3-4-11-21-18)20(16)22-19(15)12-14;/h9-10,13-15H,11-12H2,1-7H3;3-6,8-13H,1-2H3;/q2*-1;. The van der Waals surface area contributed by atoms with Crippen LogP contribution in [0.1, 0.15) is 77.0 Å². The Kier molecular flexibility index (Phi) is 9.86. The predicted octanol–water partition coefficient (Wildman–Crippen LogP) is 11.0. The molecule has 1 radical (unpaired) electrons. The Hall–Kier alpha value is -3.37. The van der Waals surface area contributed by atoms with Gasteiger partial charge < -0.3 is 14.4 Å². The van der Waals surface area contributed by atoms with Crippen molar-refractivity contribution in [3.05, 3.63) is 114 Å². The van der Waals surface area contributed by atoms with Gasteiger partial charge in [0, 0.05) is 37.9 Å². The Morgan fingerprint density at radius 2 is 1.49 bits per heavy atom. The van der Waals surface area contributed by atoms with E-state index in [4.69, 9.17) is 4.42 Å². The zero-order chi connectivity index (χ0) is 32.9. The van der Waals surface area contributed by atoms with Crippen LogP contribution in [0.25, 0.3) is 44.5 Å². The molecule has 0 N–H and O–H groups in total. The van der Waals surface area contributed by atoms with Gasteiger partial charge in [0.15, 0.2) is 0 Å². The number of fused-ring (bicyclic) bond motifs is 4. The first-order valence-electron chi connectivity index (χ1n) is 16.6. The summed E-state index contributed by atoms with van der Waals surface area (Å²) in [6, 6.07) is 32.2. The van der Waals surface area contributed by atoms with Gasteiger partial charge in [-0.15, -0.1) is 53.1 Å². The monoisotopic (exact) mass is 815 g/mol. The SMILES string of the molecule is CC(C)c1ccc2c(c1)oc1c(-c3ccccn3)[c-]ccc12.CC1(C)CCC(C)(C)c2cc(-c3cc([Si](C)(C)C)ccn3)[c-]cc21.[Ir]. The summed E-state index contributed by atoms with van der Waals surface area (Å²) in [7, 11) is -1.33. The third-order valence-electron chi connectivity index (χ3n) is 9.73. The Balaban J connectivity index is 0.000000181. The summed E-state index contributed by atoms with van der Waals surface area (Å²) in [6.45, 7) is 21.0. The van der Waals surface area contributed by atoms with Crippen molar-refractivity contribution in [1.29, 1.82) is 0 Å². The van der Waals surface area contributed by atoms with Crippen LogP contribution in [0.2, 0.25) is 19.6 Å². The summed E-state index contributed by atoms with van der Waals surface area (Å²) in [5.74, 6) is 0.486. The number of aromatic nitrogens is 2. The van der Waals surface area contributed by atoms with Gasteiger partial charge in [-0.05, 0) is 58.3 Å². The molecule has 47 heavy (non-hydrogen) atoms. The molecule has 0 aliphatic heterocycles. The molecule has 0 saturated carbocycles. The van der Waals surface area contributed by atoms with Crippen LogP contribution in [-0.2, 0) is 30.9 Å². The van der Waals surface area contributed by atoms with Gasteiger partial charge in [0.1, 0.15) is 5.58 Å². The van der Waals surface area contributed by atoms with Crippen molar-refractivity contribution in [3.63, 3.8) is 0 Å². The number of furan rings is 1. The van der Waals surface area contributed by atoms with Crippen LogP contribution in [0.15, 0.2) is 89.6 Å². The maximum atomic E-state index is 6.16. The van der Waals surface area contributed by atoms with E-state index in [9.17, 15) is 0 Å². The molecular formula is C42H46IrN2OSi-2. The smallest absolute Gasteiger partial charge is 0.121 e. The molecule has 0 saturated heterocycles. The second-order valence-electron chi connectivity index (χ2n) is 15.4. The Morgan fingerprint density at radius 3 is 2.17 bits per heavy atom. The molecule has 6 aromatic rings. The Bertz CT molecular complexity index is 2020. The topological polar surface area (TPSA) is 38.9 Å². The molecule has 1 aliphatic carbocycles. The third kappa shape index (κ3) is 7.09. The maximum Gasteiger partial charge on any atom is 0.121 e. The fourth-order valence-electron chi connectivity index (χ4n) is 6.52. The number of rotatable bonds is 4. The fourth-order valence-corrected chi connectivity index (χ4v) is 7.66. The molecule has 3 aromatic carbocycles. The molecule has 3 nitrogen and oxygen atoms in total. The van der Waals surface area contributed by atoms with E-state index in [1.165, 1.54) is 34.7 Å². The molecule has 0 bridgehead atoms. The van der Waals surface area contributed by atoms with Gasteiger partial charge in [-0.1, -0.05) is 114 Å². The van der Waals surface area contributed by atoms with E-state index in [1.54, 1.807) is 6.20 Å². The maximum absolute atomic E-state index is 6.16. The van der Waals surface area contributed by atoms with Gasteiger partial charge in [0.25, 0.3) is 0 Å². The zero-order valence-corrected chi connectivity index (χ0v) is 32.6. The van der Waals surface area contributed by atoms with Crippen molar-refractivity contribution in [2.24, 2.45) is 0 Å². The largest absolute Gasteiger partial charge is 0.501 e. The van der Waals surface area contributed by atoms with Crippen LogP contribution in [0, 0.1) is 12.1 Å². The van der Waals surface area contributed by atoms with E-state index in [1.807, 2.05) is 30.5 Å². The van der Waals surface area contributed by atoms with Gasteiger partial charge in [-0.3, -0.25) is 0 Å². The van der Waals surface area contributed by atoms with E-state index in [0.29, 0.717) is 5.92 Å². The zero-order valence-electron chi connectivity index (χ0n) is 29.2. The molecule has 3 aromatic heterocycles. The van der Waals surface area contributed by atoms with Crippen LogP contribution in [-0.4, -0.2) is 18.0 Å². The second kappa shape index (κ2) is 13.3. The van der Waals surface area contributed by atoms with Crippen molar-refractivity contribution in [3.8, 4) is 22.5 Å². The third-order valence-corrected chi connectivity index (χ3v) is 11.8. The van der Waals surface area contributed by atoms with E-state index < -0.39 is 8.07 Å². The minimum atomic E-state index is -1.33. The Morgan fingerprint density at radius 1 is 0.766 bits per heavy atom. The molecule has 7 rings (SSSR count). The Labute approximate surface area is 295 Å². The minimum absolute atomic E-state index is 0. The average Bonchev–Trinajstić information content (AvgIpc) is 3.42. The average molecular weight is 815 g/mol. The van der Waals surface area contributed by atoms with Crippen LogP contribution < -0.4 is 5.19 Å². The summed E-state index contributed by atoms with van der Waals surface area (Å²) in [6.07, 6.45) is 6.23. The summed E-state index contributed by atoms with van der Waals surface area (Å²) in [4.78, 5) is 9.07. The molecular weight excluding hydrogens is 769 g/mol. The number of hydrogen-bond donors (Lipinski definition) is 0. The van der Waals surface area contributed by atoms with E-state index in [2.05, 4.69) is 132 Å². The molecule has 5 heteroatoms. The van der Waals surface area contributed by atoms with Crippen LogP contribution in [0.5, 0.6) is 0 Å². The van der Waals surface area contributed by atoms with Crippen molar-refractivity contribution >= 4 is 35.2 Å². The minimum Gasteiger partial charge on any atom is -0.501 e. The van der Waals surface area contributed by atoms with Crippen LogP contribution >= 0.6 is 0 Å². The quantitative estimate of drug-likeness (QED) is 0.131. The molecule has 0 spiro atoms. The van der Waals surface area contributed by atoms with Gasteiger partial charge in [-0.25, -0.2) is 0 Å². The fraction of sp³-hybridized carbons (Fsp3) is 0.333. The number of nitrogens with zero attached hydrogens (tertiary/aromatic N) is 2. The molecule has 1 aliphatic rings. The van der Waals surface area contributed by atoms with Gasteiger partial charge in [0.05, 0.1) is 13.7 Å². The molecule has 0 unspecified atom stereocenters. The van der Waals surface area contributed by atoms with E-state index >= 15 is 0 Å². The summed E-state index contributed by atoms with van der Waals surface area (Å²) in [5, 5.41) is 3.72. The van der Waals surface area contributed by atoms with E-state index in [-0.39, 0.29) is 30.9 Å². The van der Waals surface area contributed by atoms with Gasteiger partial charge in [-0.2, -0.15) is 0 Å². The first kappa shape index (κ1) is 34.9. The summed E-state index contributed by atoms with van der Waals surface area (Å²) in [5.41, 5.74) is 10.5. The summed E-state index contributed by atoms with van der Waals surface area (Å²) < 4.78 is 6.16. The second-order valence-corrected chi connectivity index (χ2v) is 20.5. The molecule has 3 heterocycles. The normalized spacial score (nSPS) is 15.1.